The van der Waals surface area contributed by atoms with Crippen molar-refractivity contribution < 1.29 is 5.11 Å². The van der Waals surface area contributed by atoms with E-state index in [-0.39, 0.29) is 0 Å². The number of rotatable bonds is 2. The number of aliphatic hydroxyl groups is 1. The summed E-state index contributed by atoms with van der Waals surface area (Å²) in [6, 6.07) is 4.42. The molecule has 2 unspecified atom stereocenters. The summed E-state index contributed by atoms with van der Waals surface area (Å²) in [7, 11) is 0. The summed E-state index contributed by atoms with van der Waals surface area (Å²) in [5, 5.41) is 9.62. The molecule has 3 atom stereocenters. The van der Waals surface area contributed by atoms with Crippen molar-refractivity contribution in [3.8, 4) is 0 Å². The molecule has 17 heavy (non-hydrogen) atoms. The van der Waals surface area contributed by atoms with Crippen molar-refractivity contribution in [3.63, 3.8) is 0 Å². The quantitative estimate of drug-likeness (QED) is 0.854. The Balaban J connectivity index is 2.23. The maximum Gasteiger partial charge on any atom is 0.129 e. The van der Waals surface area contributed by atoms with Crippen molar-refractivity contribution in [3.05, 3.63) is 23.9 Å². The minimum Gasteiger partial charge on any atom is -0.389 e. The predicted molar refractivity (Wildman–Crippen MR) is 70.1 cm³/mol. The lowest BCUT2D eigenvalue weighted by molar-refractivity contribution is 0.199. The van der Waals surface area contributed by atoms with Gasteiger partial charge in [0.2, 0.25) is 0 Å². The van der Waals surface area contributed by atoms with Gasteiger partial charge in [0.1, 0.15) is 5.82 Å². The van der Waals surface area contributed by atoms with Crippen molar-refractivity contribution in [2.45, 2.75) is 45.8 Å². The molecule has 2 rings (SSSR count). The monoisotopic (exact) mass is 234 g/mol. The van der Waals surface area contributed by atoms with Crippen molar-refractivity contribution in [2.24, 2.45) is 5.92 Å². The van der Waals surface area contributed by atoms with Crippen LogP contribution in [0.25, 0.3) is 0 Å². The fourth-order valence-corrected chi connectivity index (χ4v) is 2.51. The fourth-order valence-electron chi connectivity index (χ4n) is 2.51. The van der Waals surface area contributed by atoms with E-state index in [1.807, 2.05) is 12.1 Å². The summed E-state index contributed by atoms with van der Waals surface area (Å²) in [6.45, 7) is 7.43. The summed E-state index contributed by atoms with van der Waals surface area (Å²) >= 11 is 0. The zero-order valence-corrected chi connectivity index (χ0v) is 10.9. The highest BCUT2D eigenvalue weighted by atomic mass is 16.3. The molecular weight excluding hydrogens is 212 g/mol. The van der Waals surface area contributed by atoms with Crippen LogP contribution in [0.2, 0.25) is 0 Å². The third-order valence-electron chi connectivity index (χ3n) is 3.92. The van der Waals surface area contributed by atoms with E-state index in [0.717, 1.165) is 17.9 Å². The van der Waals surface area contributed by atoms with Gasteiger partial charge in [-0.05, 0) is 50.3 Å². The molecule has 0 bridgehead atoms. The Morgan fingerprint density at radius 2 is 2.24 bits per heavy atom. The molecule has 2 heterocycles. The van der Waals surface area contributed by atoms with E-state index in [0.29, 0.717) is 12.0 Å². The molecule has 3 heteroatoms. The molecule has 1 N–H and O–H groups in total. The van der Waals surface area contributed by atoms with Crippen LogP contribution in [0.1, 0.15) is 45.3 Å². The lowest BCUT2D eigenvalue weighted by Crippen LogP contribution is -2.42. The number of piperidine rings is 1. The Bertz CT molecular complexity index is 378. The number of aliphatic hydroxyl groups excluding tert-OH is 1. The summed E-state index contributed by atoms with van der Waals surface area (Å²) in [4.78, 5) is 6.81. The standard InChI is InChI=1S/C14H22N2O/c1-10-5-4-8-16(11(10)2)14-9-13(12(3)17)6-7-15-14/h6-7,9-12,17H,4-5,8H2,1-3H3/t10?,11?,12-/m1/s1. The van der Waals surface area contributed by atoms with E-state index in [9.17, 15) is 5.11 Å². The van der Waals surface area contributed by atoms with E-state index in [1.54, 1.807) is 13.1 Å². The van der Waals surface area contributed by atoms with E-state index < -0.39 is 6.10 Å². The van der Waals surface area contributed by atoms with E-state index in [4.69, 9.17) is 0 Å². The van der Waals surface area contributed by atoms with Gasteiger partial charge in [-0.2, -0.15) is 0 Å². The van der Waals surface area contributed by atoms with Gasteiger partial charge in [0.15, 0.2) is 0 Å². The number of aromatic nitrogens is 1. The number of anilines is 1. The van der Waals surface area contributed by atoms with Crippen molar-refractivity contribution in [1.82, 2.24) is 4.98 Å². The number of hydrogen-bond donors (Lipinski definition) is 1. The van der Waals surface area contributed by atoms with Crippen LogP contribution in [0.15, 0.2) is 18.3 Å². The topological polar surface area (TPSA) is 36.4 Å². The molecule has 0 spiro atoms. The molecule has 1 aromatic rings. The third-order valence-corrected chi connectivity index (χ3v) is 3.92. The average molecular weight is 234 g/mol. The number of nitrogens with zero attached hydrogens (tertiary/aromatic N) is 2. The highest BCUT2D eigenvalue weighted by Crippen LogP contribution is 2.28. The first kappa shape index (κ1) is 12.4. The molecule has 1 aliphatic heterocycles. The predicted octanol–water partition coefficient (Wildman–Crippen LogP) is 2.76. The SMILES string of the molecule is CC1CCCN(c2cc([C@@H](C)O)ccn2)C1C. The first-order chi connectivity index (χ1) is 8.09. The fraction of sp³-hybridized carbons (Fsp3) is 0.643. The average Bonchev–Trinajstić information content (AvgIpc) is 2.33. The zero-order chi connectivity index (χ0) is 12.4. The third kappa shape index (κ3) is 2.60. The Morgan fingerprint density at radius 1 is 1.47 bits per heavy atom. The molecule has 0 radical (unpaired) electrons. The van der Waals surface area contributed by atoms with Crippen LogP contribution in [-0.4, -0.2) is 22.7 Å². The molecule has 1 aliphatic rings. The lowest BCUT2D eigenvalue weighted by Gasteiger charge is -2.39. The van der Waals surface area contributed by atoms with Gasteiger partial charge < -0.3 is 10.0 Å². The minimum absolute atomic E-state index is 0.422. The molecule has 94 valence electrons. The van der Waals surface area contributed by atoms with Gasteiger partial charge in [0.25, 0.3) is 0 Å². The van der Waals surface area contributed by atoms with Crippen molar-refractivity contribution >= 4 is 5.82 Å². The van der Waals surface area contributed by atoms with Gasteiger partial charge in [-0.15, -0.1) is 0 Å². The summed E-state index contributed by atoms with van der Waals surface area (Å²) in [5.74, 6) is 1.71. The smallest absolute Gasteiger partial charge is 0.129 e. The summed E-state index contributed by atoms with van der Waals surface area (Å²) < 4.78 is 0. The Labute approximate surface area is 103 Å². The number of pyridine rings is 1. The van der Waals surface area contributed by atoms with Crippen LogP contribution in [0.5, 0.6) is 0 Å². The minimum atomic E-state index is -0.422. The van der Waals surface area contributed by atoms with Crippen LogP contribution < -0.4 is 4.90 Å². The zero-order valence-electron chi connectivity index (χ0n) is 10.9. The van der Waals surface area contributed by atoms with Crippen LogP contribution in [0.4, 0.5) is 5.82 Å². The molecule has 3 nitrogen and oxygen atoms in total. The van der Waals surface area contributed by atoms with Gasteiger partial charge in [-0.25, -0.2) is 4.98 Å². The number of hydrogen-bond acceptors (Lipinski definition) is 3. The highest BCUT2D eigenvalue weighted by molar-refractivity contribution is 5.43. The molecule has 0 saturated carbocycles. The van der Waals surface area contributed by atoms with Gasteiger partial charge in [0, 0.05) is 18.8 Å². The lowest BCUT2D eigenvalue weighted by atomic mass is 9.92. The second kappa shape index (κ2) is 5.05. The maximum absolute atomic E-state index is 9.62. The first-order valence-corrected chi connectivity index (χ1v) is 6.50. The molecule has 1 aromatic heterocycles. The van der Waals surface area contributed by atoms with Crippen LogP contribution >= 0.6 is 0 Å². The Kier molecular flexibility index (Phi) is 3.67. The molecule has 1 saturated heterocycles. The summed E-state index contributed by atoms with van der Waals surface area (Å²) in [6.07, 6.45) is 3.90. The van der Waals surface area contributed by atoms with Crippen LogP contribution in [0.3, 0.4) is 0 Å². The van der Waals surface area contributed by atoms with E-state index in [2.05, 4.69) is 23.7 Å². The van der Waals surface area contributed by atoms with Gasteiger partial charge in [0.05, 0.1) is 6.10 Å². The van der Waals surface area contributed by atoms with Crippen LogP contribution in [-0.2, 0) is 0 Å². The van der Waals surface area contributed by atoms with Gasteiger partial charge >= 0.3 is 0 Å². The summed E-state index contributed by atoms with van der Waals surface area (Å²) in [5.41, 5.74) is 0.945. The van der Waals surface area contributed by atoms with Crippen molar-refractivity contribution in [2.75, 3.05) is 11.4 Å². The van der Waals surface area contributed by atoms with E-state index in [1.165, 1.54) is 12.8 Å². The van der Waals surface area contributed by atoms with Crippen molar-refractivity contribution in [1.29, 1.82) is 0 Å². The van der Waals surface area contributed by atoms with Crippen LogP contribution in [0, 0.1) is 5.92 Å². The van der Waals surface area contributed by atoms with Gasteiger partial charge in [-0.1, -0.05) is 6.92 Å². The largest absolute Gasteiger partial charge is 0.389 e. The maximum atomic E-state index is 9.62. The van der Waals surface area contributed by atoms with E-state index >= 15 is 0 Å². The second-order valence-corrected chi connectivity index (χ2v) is 5.18. The molecular formula is C14H22N2O. The second-order valence-electron chi connectivity index (χ2n) is 5.18. The molecule has 0 aromatic carbocycles. The molecule has 0 amide bonds. The molecule has 0 aliphatic carbocycles. The van der Waals surface area contributed by atoms with Gasteiger partial charge in [-0.3, -0.25) is 0 Å². The molecule has 1 fully saturated rings. The highest BCUT2D eigenvalue weighted by Gasteiger charge is 2.25. The first-order valence-electron chi connectivity index (χ1n) is 6.50. The Morgan fingerprint density at radius 3 is 2.94 bits per heavy atom. The normalized spacial score (nSPS) is 26.9. The Hall–Kier alpha value is -1.09.